The highest BCUT2D eigenvalue weighted by Gasteiger charge is 2.00. The quantitative estimate of drug-likeness (QED) is 0.893. The zero-order valence-electron chi connectivity index (χ0n) is 11.7. The van der Waals surface area contributed by atoms with Gasteiger partial charge in [-0.2, -0.15) is 0 Å². The van der Waals surface area contributed by atoms with Crippen LogP contribution in [-0.4, -0.2) is 12.0 Å². The number of hydrogen-bond donors (Lipinski definition) is 1. The van der Waals surface area contributed by atoms with E-state index < -0.39 is 0 Å². The van der Waals surface area contributed by atoms with Crippen molar-refractivity contribution in [2.24, 2.45) is 0 Å². The summed E-state index contributed by atoms with van der Waals surface area (Å²) in [5, 5.41) is 3.10. The Kier molecular flexibility index (Phi) is 4.53. The van der Waals surface area contributed by atoms with Gasteiger partial charge in [-0.1, -0.05) is 12.1 Å². The molecule has 1 heterocycles. The van der Waals surface area contributed by atoms with E-state index in [2.05, 4.69) is 30.2 Å². The number of aromatic nitrogens is 1. The van der Waals surface area contributed by atoms with E-state index in [4.69, 9.17) is 4.74 Å². The number of ether oxygens (including phenoxy) is 1. The van der Waals surface area contributed by atoms with Gasteiger partial charge in [0.1, 0.15) is 12.4 Å². The lowest BCUT2D eigenvalue weighted by Gasteiger charge is -2.09. The summed E-state index contributed by atoms with van der Waals surface area (Å²) >= 11 is 0. The van der Waals surface area contributed by atoms with Gasteiger partial charge in [0.2, 0.25) is 0 Å². The van der Waals surface area contributed by atoms with E-state index in [9.17, 15) is 0 Å². The Balaban J connectivity index is 2.03. The number of aryl methyl sites for hydroxylation is 2. The molecule has 0 aliphatic heterocycles. The summed E-state index contributed by atoms with van der Waals surface area (Å²) in [6.45, 7) is 5.43. The third kappa shape index (κ3) is 4.07. The van der Waals surface area contributed by atoms with Gasteiger partial charge in [0.15, 0.2) is 0 Å². The third-order valence-electron chi connectivity index (χ3n) is 2.80. The van der Waals surface area contributed by atoms with Gasteiger partial charge in [-0.25, -0.2) is 0 Å². The fraction of sp³-hybridized carbons (Fsp3) is 0.312. The van der Waals surface area contributed by atoms with E-state index in [0.29, 0.717) is 6.61 Å². The summed E-state index contributed by atoms with van der Waals surface area (Å²) < 4.78 is 5.80. The second-order valence-electron chi connectivity index (χ2n) is 4.76. The van der Waals surface area contributed by atoms with Crippen molar-refractivity contribution >= 4 is 0 Å². The predicted molar refractivity (Wildman–Crippen MR) is 77.2 cm³/mol. The van der Waals surface area contributed by atoms with E-state index in [1.807, 2.05) is 37.4 Å². The van der Waals surface area contributed by atoms with Crippen molar-refractivity contribution in [3.05, 3.63) is 58.9 Å². The van der Waals surface area contributed by atoms with Crippen LogP contribution < -0.4 is 10.1 Å². The highest BCUT2D eigenvalue weighted by Crippen LogP contribution is 2.17. The number of nitrogens with zero attached hydrogens (tertiary/aromatic N) is 1. The fourth-order valence-corrected chi connectivity index (χ4v) is 2.06. The van der Waals surface area contributed by atoms with Gasteiger partial charge in [-0.05, 0) is 56.3 Å². The first-order valence-electron chi connectivity index (χ1n) is 6.48. The van der Waals surface area contributed by atoms with Crippen molar-refractivity contribution in [2.45, 2.75) is 27.0 Å². The molecule has 0 aliphatic rings. The standard InChI is InChI=1S/C16H20N2O/c1-12-7-13(2)9-16(8-12)19-11-15-6-4-5-14(18-15)10-17-3/h4-9,17H,10-11H2,1-3H3. The van der Waals surface area contributed by atoms with Gasteiger partial charge < -0.3 is 10.1 Å². The second-order valence-corrected chi connectivity index (χ2v) is 4.76. The molecule has 2 rings (SSSR count). The number of hydrogen-bond acceptors (Lipinski definition) is 3. The second kappa shape index (κ2) is 6.34. The van der Waals surface area contributed by atoms with Crippen molar-refractivity contribution in [2.75, 3.05) is 7.05 Å². The van der Waals surface area contributed by atoms with Crippen molar-refractivity contribution in [1.82, 2.24) is 10.3 Å². The van der Waals surface area contributed by atoms with Crippen molar-refractivity contribution in [3.63, 3.8) is 0 Å². The van der Waals surface area contributed by atoms with Crippen LogP contribution in [0.15, 0.2) is 36.4 Å². The van der Waals surface area contributed by atoms with Crippen molar-refractivity contribution < 1.29 is 4.74 Å². The molecular weight excluding hydrogens is 236 g/mol. The topological polar surface area (TPSA) is 34.1 Å². The average Bonchev–Trinajstić information content (AvgIpc) is 2.36. The molecule has 0 bridgehead atoms. The van der Waals surface area contributed by atoms with Gasteiger partial charge in [0.05, 0.1) is 11.4 Å². The molecule has 0 aliphatic carbocycles. The van der Waals surface area contributed by atoms with E-state index in [1.165, 1.54) is 11.1 Å². The van der Waals surface area contributed by atoms with Crippen LogP contribution >= 0.6 is 0 Å². The van der Waals surface area contributed by atoms with Crippen molar-refractivity contribution in [1.29, 1.82) is 0 Å². The summed E-state index contributed by atoms with van der Waals surface area (Å²) in [6.07, 6.45) is 0. The maximum Gasteiger partial charge on any atom is 0.130 e. The SMILES string of the molecule is CNCc1cccc(COc2cc(C)cc(C)c2)n1. The summed E-state index contributed by atoms with van der Waals surface area (Å²) in [6, 6.07) is 12.2. The molecule has 1 aromatic heterocycles. The molecule has 0 fully saturated rings. The third-order valence-corrected chi connectivity index (χ3v) is 2.80. The summed E-state index contributed by atoms with van der Waals surface area (Å²) in [5.41, 5.74) is 4.41. The molecule has 3 nitrogen and oxygen atoms in total. The molecule has 2 aromatic rings. The van der Waals surface area contributed by atoms with Gasteiger partial charge in [0, 0.05) is 6.54 Å². The first kappa shape index (κ1) is 13.6. The number of nitrogens with one attached hydrogen (secondary N) is 1. The van der Waals surface area contributed by atoms with E-state index in [-0.39, 0.29) is 0 Å². The Morgan fingerprint density at radius 1 is 1.05 bits per heavy atom. The maximum atomic E-state index is 5.80. The number of benzene rings is 1. The molecular formula is C16H20N2O. The summed E-state index contributed by atoms with van der Waals surface area (Å²) in [4.78, 5) is 4.53. The van der Waals surface area contributed by atoms with Crippen LogP contribution in [0.1, 0.15) is 22.5 Å². The van der Waals surface area contributed by atoms with Crippen LogP contribution in [0, 0.1) is 13.8 Å². The predicted octanol–water partition coefficient (Wildman–Crippen LogP) is 3.00. The molecule has 0 saturated carbocycles. The molecule has 3 heteroatoms. The Labute approximate surface area is 114 Å². The Bertz CT molecular complexity index is 532. The minimum absolute atomic E-state index is 0.500. The summed E-state index contributed by atoms with van der Waals surface area (Å²) in [5.74, 6) is 0.901. The van der Waals surface area contributed by atoms with Crippen LogP contribution in [-0.2, 0) is 13.2 Å². The van der Waals surface area contributed by atoms with Crippen LogP contribution in [0.25, 0.3) is 0 Å². The van der Waals surface area contributed by atoms with E-state index in [1.54, 1.807) is 0 Å². The summed E-state index contributed by atoms with van der Waals surface area (Å²) in [7, 11) is 1.92. The maximum absolute atomic E-state index is 5.80. The lowest BCUT2D eigenvalue weighted by Crippen LogP contribution is -2.08. The molecule has 0 atom stereocenters. The first-order chi connectivity index (χ1) is 9.17. The molecule has 0 spiro atoms. The zero-order chi connectivity index (χ0) is 13.7. The monoisotopic (exact) mass is 256 g/mol. The smallest absolute Gasteiger partial charge is 0.130 e. The molecule has 0 radical (unpaired) electrons. The fourth-order valence-electron chi connectivity index (χ4n) is 2.06. The molecule has 0 amide bonds. The molecule has 0 saturated heterocycles. The van der Waals surface area contributed by atoms with Gasteiger partial charge >= 0.3 is 0 Å². The zero-order valence-corrected chi connectivity index (χ0v) is 11.7. The van der Waals surface area contributed by atoms with Crippen LogP contribution in [0.3, 0.4) is 0 Å². The lowest BCUT2D eigenvalue weighted by molar-refractivity contribution is 0.300. The van der Waals surface area contributed by atoms with E-state index >= 15 is 0 Å². The highest BCUT2D eigenvalue weighted by molar-refractivity contribution is 5.33. The Hall–Kier alpha value is -1.87. The largest absolute Gasteiger partial charge is 0.487 e. The van der Waals surface area contributed by atoms with Gasteiger partial charge in [-0.3, -0.25) is 4.98 Å². The van der Waals surface area contributed by atoms with Crippen LogP contribution in [0.2, 0.25) is 0 Å². The minimum Gasteiger partial charge on any atom is -0.487 e. The van der Waals surface area contributed by atoms with Crippen molar-refractivity contribution in [3.8, 4) is 5.75 Å². The number of pyridine rings is 1. The number of rotatable bonds is 5. The van der Waals surface area contributed by atoms with E-state index in [0.717, 1.165) is 23.7 Å². The Morgan fingerprint density at radius 2 is 1.74 bits per heavy atom. The minimum atomic E-state index is 0.500. The molecule has 100 valence electrons. The lowest BCUT2D eigenvalue weighted by atomic mass is 10.1. The van der Waals surface area contributed by atoms with Gasteiger partial charge in [-0.15, -0.1) is 0 Å². The molecule has 1 aromatic carbocycles. The highest BCUT2D eigenvalue weighted by atomic mass is 16.5. The van der Waals surface area contributed by atoms with Crippen LogP contribution in [0.5, 0.6) is 5.75 Å². The van der Waals surface area contributed by atoms with Crippen LogP contribution in [0.4, 0.5) is 0 Å². The molecule has 19 heavy (non-hydrogen) atoms. The average molecular weight is 256 g/mol. The molecule has 1 N–H and O–H groups in total. The Morgan fingerprint density at radius 3 is 2.42 bits per heavy atom. The van der Waals surface area contributed by atoms with Gasteiger partial charge in [0.25, 0.3) is 0 Å². The first-order valence-corrected chi connectivity index (χ1v) is 6.48. The molecule has 0 unspecified atom stereocenters. The normalized spacial score (nSPS) is 10.5.